The van der Waals surface area contributed by atoms with Gasteiger partial charge in [0.1, 0.15) is 0 Å². The second-order valence-corrected chi connectivity index (χ2v) is 6.21. The molecule has 1 aliphatic heterocycles. The molecule has 4 heteroatoms. The molecular formula is C19H15N3O. The Balaban J connectivity index is 1.69. The molecule has 1 aliphatic carbocycles. The number of para-hydroxylation sites is 1. The van der Waals surface area contributed by atoms with Crippen molar-refractivity contribution in [1.29, 1.82) is 0 Å². The first-order valence-electron chi connectivity index (χ1n) is 7.87. The SMILES string of the molecule is Oc1[nH]c2ccccc2c1/C=c1/ccc2c(c1)N=NC=2C1CC1. The fraction of sp³-hybridized carbons (Fsp3) is 0.158. The third kappa shape index (κ3) is 1.99. The van der Waals surface area contributed by atoms with Crippen molar-refractivity contribution in [3.8, 4) is 5.88 Å². The Kier molecular flexibility index (Phi) is 2.50. The molecule has 2 N–H and O–H groups in total. The lowest BCUT2D eigenvalue weighted by molar-refractivity contribution is 0.457. The van der Waals surface area contributed by atoms with Crippen LogP contribution in [0.5, 0.6) is 5.88 Å². The number of nitrogens with zero attached hydrogens (tertiary/aromatic N) is 2. The number of benzene rings is 2. The fourth-order valence-electron chi connectivity index (χ4n) is 3.22. The van der Waals surface area contributed by atoms with Crippen molar-refractivity contribution in [1.82, 2.24) is 4.98 Å². The number of azo groups is 1. The molecular weight excluding hydrogens is 286 g/mol. The first-order chi connectivity index (χ1) is 11.3. The molecule has 2 aliphatic rings. The van der Waals surface area contributed by atoms with E-state index in [4.69, 9.17) is 0 Å². The highest BCUT2D eigenvalue weighted by Crippen LogP contribution is 2.39. The van der Waals surface area contributed by atoms with Crippen LogP contribution in [0.4, 0.5) is 5.69 Å². The summed E-state index contributed by atoms with van der Waals surface area (Å²) in [6.45, 7) is 0. The van der Waals surface area contributed by atoms with Gasteiger partial charge in [0, 0.05) is 27.6 Å². The fourth-order valence-corrected chi connectivity index (χ4v) is 3.22. The highest BCUT2D eigenvalue weighted by Gasteiger charge is 2.29. The largest absolute Gasteiger partial charge is 0.494 e. The summed E-state index contributed by atoms with van der Waals surface area (Å²) in [5.74, 6) is 0.797. The van der Waals surface area contributed by atoms with Crippen LogP contribution in [-0.4, -0.2) is 10.1 Å². The first-order valence-corrected chi connectivity index (χ1v) is 7.87. The summed E-state index contributed by atoms with van der Waals surface area (Å²) >= 11 is 0. The van der Waals surface area contributed by atoms with E-state index in [1.807, 2.05) is 36.4 Å². The van der Waals surface area contributed by atoms with Gasteiger partial charge in [0.25, 0.3) is 0 Å². The minimum absolute atomic E-state index is 0.193. The highest BCUT2D eigenvalue weighted by molar-refractivity contribution is 5.91. The predicted octanol–water partition coefficient (Wildman–Crippen LogP) is 3.32. The van der Waals surface area contributed by atoms with Gasteiger partial charge in [-0.2, -0.15) is 10.2 Å². The maximum atomic E-state index is 10.2. The van der Waals surface area contributed by atoms with Gasteiger partial charge in [0.15, 0.2) is 5.88 Å². The number of rotatable bonds is 2. The summed E-state index contributed by atoms with van der Waals surface area (Å²) in [6.07, 6.45) is 4.44. The van der Waals surface area contributed by atoms with Crippen LogP contribution in [0.1, 0.15) is 18.4 Å². The lowest BCUT2D eigenvalue weighted by Gasteiger charge is -1.95. The van der Waals surface area contributed by atoms with E-state index >= 15 is 0 Å². The monoisotopic (exact) mass is 301 g/mol. The molecule has 23 heavy (non-hydrogen) atoms. The molecule has 0 saturated heterocycles. The smallest absolute Gasteiger partial charge is 0.196 e. The summed E-state index contributed by atoms with van der Waals surface area (Å²) in [5, 5.41) is 22.0. The van der Waals surface area contributed by atoms with E-state index in [9.17, 15) is 5.11 Å². The molecule has 4 nitrogen and oxygen atoms in total. The molecule has 3 aromatic rings. The van der Waals surface area contributed by atoms with Gasteiger partial charge in [-0.3, -0.25) is 0 Å². The molecule has 0 bridgehead atoms. The van der Waals surface area contributed by atoms with Gasteiger partial charge in [0.05, 0.1) is 11.4 Å². The molecule has 0 unspecified atom stereocenters. The Bertz CT molecular complexity index is 1090. The van der Waals surface area contributed by atoms with Gasteiger partial charge < -0.3 is 10.1 Å². The second kappa shape index (κ2) is 4.56. The average molecular weight is 301 g/mol. The van der Waals surface area contributed by atoms with Crippen molar-refractivity contribution in [2.75, 3.05) is 0 Å². The lowest BCUT2D eigenvalue weighted by atomic mass is 10.1. The van der Waals surface area contributed by atoms with E-state index in [-0.39, 0.29) is 5.88 Å². The minimum atomic E-state index is 0.193. The van der Waals surface area contributed by atoms with Crippen molar-refractivity contribution < 1.29 is 5.11 Å². The molecule has 0 radical (unpaired) electrons. The number of hydrogen-bond donors (Lipinski definition) is 2. The third-order valence-corrected chi connectivity index (χ3v) is 4.56. The first kappa shape index (κ1) is 12.6. The predicted molar refractivity (Wildman–Crippen MR) is 89.9 cm³/mol. The van der Waals surface area contributed by atoms with Gasteiger partial charge >= 0.3 is 0 Å². The number of fused-ring (bicyclic) bond motifs is 2. The second-order valence-electron chi connectivity index (χ2n) is 6.21. The molecule has 112 valence electrons. The summed E-state index contributed by atoms with van der Waals surface area (Å²) in [4.78, 5) is 3.01. The minimum Gasteiger partial charge on any atom is -0.494 e. The Labute approximate surface area is 132 Å². The molecule has 2 heterocycles. The quantitative estimate of drug-likeness (QED) is 0.749. The summed E-state index contributed by atoms with van der Waals surface area (Å²) in [6, 6.07) is 14.1. The Morgan fingerprint density at radius 3 is 2.83 bits per heavy atom. The molecule has 5 rings (SSSR count). The molecule has 0 atom stereocenters. The zero-order valence-electron chi connectivity index (χ0n) is 12.5. The van der Waals surface area contributed by atoms with E-state index in [1.165, 1.54) is 12.8 Å². The van der Waals surface area contributed by atoms with Gasteiger partial charge in [-0.25, -0.2) is 0 Å². The average Bonchev–Trinajstić information content (AvgIpc) is 3.25. The normalized spacial score (nSPS) is 17.2. The van der Waals surface area contributed by atoms with Crippen LogP contribution in [0.2, 0.25) is 0 Å². The van der Waals surface area contributed by atoms with Crippen LogP contribution in [0.25, 0.3) is 22.7 Å². The van der Waals surface area contributed by atoms with Crippen molar-refractivity contribution in [2.45, 2.75) is 12.8 Å². The molecule has 1 fully saturated rings. The molecule has 1 saturated carbocycles. The van der Waals surface area contributed by atoms with E-state index in [0.717, 1.165) is 38.3 Å². The number of aromatic hydroxyl groups is 1. The molecule has 1 aromatic heterocycles. The standard InChI is InChI=1S/C19H15N3O/c23-19-15(13-3-1-2-4-16(13)20-19)9-11-5-8-14-17(10-11)21-22-18(14)12-6-7-12/h1-5,8-10,12,20,23H,6-7H2/b11-9-. The Hall–Kier alpha value is -2.88. The van der Waals surface area contributed by atoms with Crippen LogP contribution in [-0.2, 0) is 0 Å². The summed E-state index contributed by atoms with van der Waals surface area (Å²) in [5.41, 5.74) is 3.81. The summed E-state index contributed by atoms with van der Waals surface area (Å²) < 4.78 is 0. The number of H-pyrrole nitrogens is 1. The number of aromatic amines is 1. The van der Waals surface area contributed by atoms with Crippen LogP contribution in [0.3, 0.4) is 0 Å². The van der Waals surface area contributed by atoms with Crippen molar-refractivity contribution in [2.24, 2.45) is 16.1 Å². The molecule has 0 amide bonds. The summed E-state index contributed by atoms with van der Waals surface area (Å²) in [7, 11) is 0. The van der Waals surface area contributed by atoms with E-state index in [1.54, 1.807) is 0 Å². The van der Waals surface area contributed by atoms with Crippen LogP contribution < -0.4 is 10.4 Å². The Morgan fingerprint density at radius 1 is 1.09 bits per heavy atom. The van der Waals surface area contributed by atoms with Gasteiger partial charge in [-0.15, -0.1) is 0 Å². The number of hydrogen-bond acceptors (Lipinski definition) is 3. The zero-order valence-corrected chi connectivity index (χ0v) is 12.5. The van der Waals surface area contributed by atoms with E-state index < -0.39 is 0 Å². The van der Waals surface area contributed by atoms with Gasteiger partial charge in [0.2, 0.25) is 0 Å². The molecule has 2 aromatic carbocycles. The van der Waals surface area contributed by atoms with Crippen LogP contribution in [0.15, 0.2) is 52.7 Å². The van der Waals surface area contributed by atoms with Gasteiger partial charge in [-0.05, 0) is 36.3 Å². The van der Waals surface area contributed by atoms with Gasteiger partial charge in [-0.1, -0.05) is 30.3 Å². The van der Waals surface area contributed by atoms with Crippen molar-refractivity contribution in [3.05, 3.63) is 58.5 Å². The van der Waals surface area contributed by atoms with E-state index in [0.29, 0.717) is 5.92 Å². The van der Waals surface area contributed by atoms with E-state index in [2.05, 4.69) is 27.3 Å². The highest BCUT2D eigenvalue weighted by atomic mass is 16.3. The van der Waals surface area contributed by atoms with Crippen LogP contribution in [0, 0.1) is 5.92 Å². The topological polar surface area (TPSA) is 60.7 Å². The lowest BCUT2D eigenvalue weighted by Crippen LogP contribution is -2.09. The number of nitrogens with one attached hydrogen (secondary N) is 1. The van der Waals surface area contributed by atoms with Crippen LogP contribution >= 0.6 is 0 Å². The number of aromatic nitrogens is 1. The molecule has 0 spiro atoms. The maximum Gasteiger partial charge on any atom is 0.196 e. The Morgan fingerprint density at radius 2 is 1.96 bits per heavy atom. The van der Waals surface area contributed by atoms with Crippen molar-refractivity contribution in [3.63, 3.8) is 0 Å². The van der Waals surface area contributed by atoms with Crippen molar-refractivity contribution >= 4 is 28.4 Å². The third-order valence-electron chi connectivity index (χ3n) is 4.56. The maximum absolute atomic E-state index is 10.2. The zero-order chi connectivity index (χ0) is 15.4.